The van der Waals surface area contributed by atoms with E-state index < -0.39 is 0 Å². The fraction of sp³-hybridized carbons (Fsp3) is 0. The molecule has 5 heteroatoms. The third-order valence-electron chi connectivity index (χ3n) is 2.66. The second-order valence-electron chi connectivity index (χ2n) is 4.09. The van der Waals surface area contributed by atoms with Gasteiger partial charge in [-0.15, -0.1) is 0 Å². The van der Waals surface area contributed by atoms with Gasteiger partial charge in [-0.3, -0.25) is 9.78 Å². The number of nitrogens with one attached hydrogen (secondary N) is 1. The van der Waals surface area contributed by atoms with Crippen molar-refractivity contribution in [1.29, 1.82) is 10.5 Å². The highest BCUT2D eigenvalue weighted by Gasteiger charge is 2.05. The van der Waals surface area contributed by atoms with Crippen LogP contribution in [0.4, 0.5) is 5.69 Å². The van der Waals surface area contributed by atoms with Crippen molar-refractivity contribution in [3.05, 3.63) is 65.5 Å². The first-order chi connectivity index (χ1) is 10.2. The first-order valence-corrected chi connectivity index (χ1v) is 6.06. The summed E-state index contributed by atoms with van der Waals surface area (Å²) in [5, 5.41) is 20.1. The lowest BCUT2D eigenvalue weighted by Crippen LogP contribution is -2.11. The number of aromatic nitrogens is 1. The number of carbonyl (C=O) groups is 1. The number of carbonyl (C=O) groups excluding carboxylic acids is 1. The summed E-state index contributed by atoms with van der Waals surface area (Å²) in [5.41, 5.74) is 1.90. The Morgan fingerprint density at radius 2 is 1.67 bits per heavy atom. The molecule has 0 atom stereocenters. The standard InChI is InChI=1S/C16H10N4O/c17-10-13(11-18)9-12-1-3-15(4-2-12)20-16(21)14-5-7-19-8-6-14/h1-9H,(H,20,21). The smallest absolute Gasteiger partial charge is 0.255 e. The molecule has 0 bridgehead atoms. The number of amides is 1. The minimum Gasteiger partial charge on any atom is -0.322 e. The predicted octanol–water partition coefficient (Wildman–Crippen LogP) is 2.76. The van der Waals surface area contributed by atoms with Crippen LogP contribution in [0.3, 0.4) is 0 Å². The molecule has 21 heavy (non-hydrogen) atoms. The predicted molar refractivity (Wildman–Crippen MR) is 77.8 cm³/mol. The maximum atomic E-state index is 11.9. The van der Waals surface area contributed by atoms with Crippen LogP contribution < -0.4 is 5.32 Å². The fourth-order valence-electron chi connectivity index (χ4n) is 1.63. The molecule has 0 spiro atoms. The molecule has 1 aromatic carbocycles. The van der Waals surface area contributed by atoms with Crippen molar-refractivity contribution in [2.45, 2.75) is 0 Å². The molecule has 5 nitrogen and oxygen atoms in total. The molecule has 0 fully saturated rings. The summed E-state index contributed by atoms with van der Waals surface area (Å²) in [6.45, 7) is 0. The molecule has 0 aliphatic rings. The van der Waals surface area contributed by atoms with Gasteiger partial charge in [0.25, 0.3) is 5.91 Å². The molecule has 0 aliphatic carbocycles. The van der Waals surface area contributed by atoms with Crippen LogP contribution in [0.15, 0.2) is 54.4 Å². The highest BCUT2D eigenvalue weighted by atomic mass is 16.1. The highest BCUT2D eigenvalue weighted by molar-refractivity contribution is 6.04. The second kappa shape index (κ2) is 6.65. The molecule has 0 saturated carbocycles. The number of pyridine rings is 1. The van der Waals surface area contributed by atoms with Gasteiger partial charge < -0.3 is 5.32 Å². The zero-order valence-electron chi connectivity index (χ0n) is 10.9. The van der Waals surface area contributed by atoms with Crippen molar-refractivity contribution in [3.63, 3.8) is 0 Å². The molecule has 0 unspecified atom stereocenters. The molecule has 1 N–H and O–H groups in total. The Kier molecular flexibility index (Phi) is 4.42. The third-order valence-corrected chi connectivity index (χ3v) is 2.66. The summed E-state index contributed by atoms with van der Waals surface area (Å²) in [5.74, 6) is -0.226. The average Bonchev–Trinajstić information content (AvgIpc) is 2.55. The van der Waals surface area contributed by atoms with Crippen LogP contribution in [0.25, 0.3) is 6.08 Å². The fourth-order valence-corrected chi connectivity index (χ4v) is 1.63. The summed E-state index contributed by atoms with van der Waals surface area (Å²) in [6, 6.07) is 13.7. The SMILES string of the molecule is N#CC(C#N)=Cc1ccc(NC(=O)c2ccncc2)cc1. The Morgan fingerprint density at radius 3 is 2.24 bits per heavy atom. The minimum atomic E-state index is -0.226. The third kappa shape index (κ3) is 3.76. The summed E-state index contributed by atoms with van der Waals surface area (Å²) in [6.07, 6.45) is 4.58. The molecular formula is C16H10N4O. The van der Waals surface area contributed by atoms with Crippen molar-refractivity contribution in [3.8, 4) is 12.1 Å². The molecule has 1 amide bonds. The van der Waals surface area contributed by atoms with Crippen molar-refractivity contribution in [2.24, 2.45) is 0 Å². The Labute approximate surface area is 121 Å². The zero-order valence-corrected chi connectivity index (χ0v) is 10.9. The summed E-state index contributed by atoms with van der Waals surface area (Å²) in [4.78, 5) is 15.8. The maximum Gasteiger partial charge on any atom is 0.255 e. The quantitative estimate of drug-likeness (QED) is 0.871. The maximum absolute atomic E-state index is 11.9. The molecule has 0 aliphatic heterocycles. The van der Waals surface area contributed by atoms with Crippen molar-refractivity contribution in [2.75, 3.05) is 5.32 Å². The number of nitriles is 2. The Bertz CT molecular complexity index is 734. The number of benzene rings is 1. The van der Waals surface area contributed by atoms with E-state index in [0.717, 1.165) is 5.56 Å². The Hall–Kier alpha value is -3.44. The molecule has 1 heterocycles. The van der Waals surface area contributed by atoms with E-state index >= 15 is 0 Å². The average molecular weight is 274 g/mol. The van der Waals surface area contributed by atoms with Crippen molar-refractivity contribution >= 4 is 17.7 Å². The van der Waals surface area contributed by atoms with E-state index in [2.05, 4.69) is 10.3 Å². The van der Waals surface area contributed by atoms with Gasteiger partial charge in [-0.2, -0.15) is 10.5 Å². The summed E-state index contributed by atoms with van der Waals surface area (Å²) in [7, 11) is 0. The number of rotatable bonds is 3. The summed E-state index contributed by atoms with van der Waals surface area (Å²) >= 11 is 0. The molecule has 0 saturated heterocycles. The topological polar surface area (TPSA) is 89.6 Å². The van der Waals surface area contributed by atoms with Crippen LogP contribution in [0.1, 0.15) is 15.9 Å². The molecule has 1 aromatic heterocycles. The van der Waals surface area contributed by atoms with Crippen LogP contribution in [-0.4, -0.2) is 10.9 Å². The normalized spacial score (nSPS) is 9.05. The largest absolute Gasteiger partial charge is 0.322 e. The lowest BCUT2D eigenvalue weighted by atomic mass is 10.1. The lowest BCUT2D eigenvalue weighted by Gasteiger charge is -2.05. The number of hydrogen-bond acceptors (Lipinski definition) is 4. The van der Waals surface area contributed by atoms with Crippen LogP contribution in [-0.2, 0) is 0 Å². The highest BCUT2D eigenvalue weighted by Crippen LogP contribution is 2.13. The van der Waals surface area contributed by atoms with Gasteiger partial charge in [0, 0.05) is 23.6 Å². The summed E-state index contributed by atoms with van der Waals surface area (Å²) < 4.78 is 0. The van der Waals surface area contributed by atoms with Crippen molar-refractivity contribution < 1.29 is 4.79 Å². The van der Waals surface area contributed by atoms with E-state index in [1.165, 1.54) is 6.08 Å². The minimum absolute atomic E-state index is 0.0311. The Balaban J connectivity index is 2.11. The number of anilines is 1. The monoisotopic (exact) mass is 274 g/mol. The molecular weight excluding hydrogens is 264 g/mol. The molecule has 2 rings (SSSR count). The van der Waals surface area contributed by atoms with E-state index in [1.54, 1.807) is 60.9 Å². The molecule has 2 aromatic rings. The van der Waals surface area contributed by atoms with Gasteiger partial charge in [-0.1, -0.05) is 12.1 Å². The van der Waals surface area contributed by atoms with Gasteiger partial charge in [0.15, 0.2) is 0 Å². The second-order valence-corrected chi connectivity index (χ2v) is 4.09. The zero-order chi connectivity index (χ0) is 15.1. The number of allylic oxidation sites excluding steroid dienone is 1. The molecule has 0 radical (unpaired) electrons. The van der Waals surface area contributed by atoms with Gasteiger partial charge in [0.1, 0.15) is 17.7 Å². The van der Waals surface area contributed by atoms with E-state index in [4.69, 9.17) is 10.5 Å². The van der Waals surface area contributed by atoms with Crippen LogP contribution >= 0.6 is 0 Å². The van der Waals surface area contributed by atoms with Crippen LogP contribution in [0.5, 0.6) is 0 Å². The van der Waals surface area contributed by atoms with Gasteiger partial charge in [0.2, 0.25) is 0 Å². The van der Waals surface area contributed by atoms with Gasteiger partial charge in [-0.05, 0) is 35.9 Å². The lowest BCUT2D eigenvalue weighted by molar-refractivity contribution is 0.102. The van der Waals surface area contributed by atoms with Gasteiger partial charge >= 0.3 is 0 Å². The van der Waals surface area contributed by atoms with Crippen LogP contribution in [0, 0.1) is 22.7 Å². The number of nitrogens with zero attached hydrogens (tertiary/aromatic N) is 3. The van der Waals surface area contributed by atoms with E-state index in [1.807, 2.05) is 0 Å². The Morgan fingerprint density at radius 1 is 1.05 bits per heavy atom. The first kappa shape index (κ1) is 14.0. The molecule has 100 valence electrons. The van der Waals surface area contributed by atoms with E-state index in [0.29, 0.717) is 11.3 Å². The number of hydrogen-bond donors (Lipinski definition) is 1. The van der Waals surface area contributed by atoms with Crippen LogP contribution in [0.2, 0.25) is 0 Å². The van der Waals surface area contributed by atoms with E-state index in [9.17, 15) is 4.79 Å². The van der Waals surface area contributed by atoms with Gasteiger partial charge in [-0.25, -0.2) is 0 Å². The van der Waals surface area contributed by atoms with E-state index in [-0.39, 0.29) is 11.5 Å². The van der Waals surface area contributed by atoms with Crippen molar-refractivity contribution in [1.82, 2.24) is 4.98 Å². The first-order valence-electron chi connectivity index (χ1n) is 6.06. The van der Waals surface area contributed by atoms with Gasteiger partial charge in [0.05, 0.1) is 0 Å².